The van der Waals surface area contributed by atoms with Crippen molar-refractivity contribution in [2.24, 2.45) is 5.73 Å². The molecule has 0 aliphatic carbocycles. The van der Waals surface area contributed by atoms with E-state index < -0.39 is 0 Å². The summed E-state index contributed by atoms with van der Waals surface area (Å²) in [6.07, 6.45) is 15.1. The van der Waals surface area contributed by atoms with E-state index in [0.717, 1.165) is 25.7 Å². The van der Waals surface area contributed by atoms with Gasteiger partial charge in [-0.1, -0.05) is 58.3 Å². The van der Waals surface area contributed by atoms with Gasteiger partial charge in [-0.2, -0.15) is 0 Å². The lowest BCUT2D eigenvalue weighted by Crippen LogP contribution is -2.14. The summed E-state index contributed by atoms with van der Waals surface area (Å²) in [7, 11) is 0. The van der Waals surface area contributed by atoms with Crippen molar-refractivity contribution in [1.29, 1.82) is 0 Å². The molecule has 0 aromatic carbocycles. The van der Waals surface area contributed by atoms with Crippen LogP contribution in [-0.4, -0.2) is 18.6 Å². The molecule has 0 fully saturated rings. The second-order valence-corrected chi connectivity index (χ2v) is 6.16. The van der Waals surface area contributed by atoms with Crippen LogP contribution in [0.2, 0.25) is 0 Å². The Labute approximate surface area is 144 Å². The fourth-order valence-corrected chi connectivity index (χ4v) is 2.50. The van der Waals surface area contributed by atoms with Gasteiger partial charge in [0.1, 0.15) is 0 Å². The van der Waals surface area contributed by atoms with Crippen LogP contribution in [0.4, 0.5) is 0 Å². The lowest BCUT2D eigenvalue weighted by Gasteiger charge is -2.13. The van der Waals surface area contributed by atoms with Crippen LogP contribution in [0.5, 0.6) is 0 Å². The molecule has 3 nitrogen and oxygen atoms in total. The highest BCUT2D eigenvalue weighted by molar-refractivity contribution is 5.85. The van der Waals surface area contributed by atoms with E-state index in [0.29, 0.717) is 13.0 Å². The molecule has 0 aliphatic heterocycles. The highest BCUT2D eigenvalue weighted by Gasteiger charge is 2.08. The lowest BCUT2D eigenvalue weighted by atomic mass is 10.1. The standard InChI is InChI=1S/C18H37NO2.ClH/c1-3-4-5-6-7-8-9-11-14-17(2)21-18(20)15-12-10-13-16-19;/h17H,3-16,19H2,1-2H3;1H. The number of hydrogen-bond acceptors (Lipinski definition) is 3. The zero-order valence-electron chi connectivity index (χ0n) is 14.8. The van der Waals surface area contributed by atoms with Crippen LogP contribution < -0.4 is 5.73 Å². The molecule has 1 atom stereocenters. The third kappa shape index (κ3) is 17.8. The summed E-state index contributed by atoms with van der Waals surface area (Å²) in [5.41, 5.74) is 5.42. The minimum absolute atomic E-state index is 0. The van der Waals surface area contributed by atoms with Crippen molar-refractivity contribution in [2.75, 3.05) is 6.54 Å². The SMILES string of the molecule is CCCCCCCCCCC(C)OC(=O)CCCCCN.Cl. The Kier molecular flexibility index (Phi) is 20.5. The van der Waals surface area contributed by atoms with E-state index in [1.807, 2.05) is 6.92 Å². The Balaban J connectivity index is 0. The summed E-state index contributed by atoms with van der Waals surface area (Å²) in [6.45, 7) is 4.98. The van der Waals surface area contributed by atoms with Crippen LogP contribution in [0.25, 0.3) is 0 Å². The largest absolute Gasteiger partial charge is 0.463 e. The van der Waals surface area contributed by atoms with Gasteiger partial charge in [-0.25, -0.2) is 0 Å². The molecule has 0 aromatic heterocycles. The van der Waals surface area contributed by atoms with Gasteiger partial charge in [0.25, 0.3) is 0 Å². The number of carbonyl (C=O) groups is 1. The summed E-state index contributed by atoms with van der Waals surface area (Å²) >= 11 is 0. The minimum Gasteiger partial charge on any atom is -0.463 e. The number of esters is 1. The Bertz CT molecular complexity index is 237. The quantitative estimate of drug-likeness (QED) is 0.322. The van der Waals surface area contributed by atoms with Crippen LogP contribution in [0, 0.1) is 0 Å². The second-order valence-electron chi connectivity index (χ2n) is 6.16. The molecule has 0 saturated heterocycles. The number of hydrogen-bond donors (Lipinski definition) is 1. The molecular formula is C18H38ClNO2. The van der Waals surface area contributed by atoms with Crippen molar-refractivity contribution >= 4 is 18.4 Å². The third-order valence-electron chi connectivity index (χ3n) is 3.88. The van der Waals surface area contributed by atoms with Crippen LogP contribution in [0.3, 0.4) is 0 Å². The lowest BCUT2D eigenvalue weighted by molar-refractivity contribution is -0.148. The maximum absolute atomic E-state index is 11.6. The number of nitrogens with two attached hydrogens (primary N) is 1. The maximum atomic E-state index is 11.6. The van der Waals surface area contributed by atoms with Gasteiger partial charge in [-0.05, 0) is 39.2 Å². The number of carbonyl (C=O) groups excluding carboxylic acids is 1. The fraction of sp³-hybridized carbons (Fsp3) is 0.944. The Morgan fingerprint density at radius 1 is 0.909 bits per heavy atom. The first-order valence-corrected chi connectivity index (χ1v) is 9.10. The van der Waals surface area contributed by atoms with Gasteiger partial charge in [0.05, 0.1) is 6.10 Å². The van der Waals surface area contributed by atoms with Crippen molar-refractivity contribution < 1.29 is 9.53 Å². The highest BCUT2D eigenvalue weighted by atomic mass is 35.5. The molecule has 4 heteroatoms. The van der Waals surface area contributed by atoms with Crippen LogP contribution in [0.1, 0.15) is 97.3 Å². The molecule has 2 N–H and O–H groups in total. The number of rotatable bonds is 15. The van der Waals surface area contributed by atoms with E-state index in [1.165, 1.54) is 51.4 Å². The first kappa shape index (κ1) is 24.0. The van der Waals surface area contributed by atoms with Gasteiger partial charge in [-0.3, -0.25) is 4.79 Å². The monoisotopic (exact) mass is 335 g/mol. The van der Waals surface area contributed by atoms with Crippen LogP contribution >= 0.6 is 12.4 Å². The molecule has 0 heterocycles. The molecule has 134 valence electrons. The maximum Gasteiger partial charge on any atom is 0.306 e. The zero-order valence-corrected chi connectivity index (χ0v) is 15.6. The average molecular weight is 336 g/mol. The number of ether oxygens (including phenoxy) is 1. The number of unbranched alkanes of at least 4 members (excludes halogenated alkanes) is 9. The van der Waals surface area contributed by atoms with E-state index in [4.69, 9.17) is 10.5 Å². The fourth-order valence-electron chi connectivity index (χ4n) is 2.50. The Hall–Kier alpha value is -0.280. The normalized spacial score (nSPS) is 11.8. The highest BCUT2D eigenvalue weighted by Crippen LogP contribution is 2.12. The summed E-state index contributed by atoms with van der Waals surface area (Å²) < 4.78 is 5.42. The molecule has 0 aromatic rings. The predicted molar refractivity (Wildman–Crippen MR) is 97.6 cm³/mol. The second kappa shape index (κ2) is 18.8. The van der Waals surface area contributed by atoms with Crippen LogP contribution in [-0.2, 0) is 9.53 Å². The summed E-state index contributed by atoms with van der Waals surface area (Å²) in [4.78, 5) is 11.6. The molecule has 0 spiro atoms. The van der Waals surface area contributed by atoms with Gasteiger partial charge >= 0.3 is 5.97 Å². The van der Waals surface area contributed by atoms with Crippen molar-refractivity contribution in [3.63, 3.8) is 0 Å². The molecule has 22 heavy (non-hydrogen) atoms. The predicted octanol–water partition coefficient (Wildman–Crippen LogP) is 5.39. The summed E-state index contributed by atoms with van der Waals surface area (Å²) in [6, 6.07) is 0. The third-order valence-corrected chi connectivity index (χ3v) is 3.88. The smallest absolute Gasteiger partial charge is 0.306 e. The van der Waals surface area contributed by atoms with Gasteiger partial charge in [0, 0.05) is 6.42 Å². The molecule has 0 saturated carbocycles. The number of halogens is 1. The Morgan fingerprint density at radius 2 is 1.45 bits per heavy atom. The molecule has 0 amide bonds. The first-order chi connectivity index (χ1) is 10.2. The molecule has 0 aliphatic rings. The molecule has 1 unspecified atom stereocenters. The van der Waals surface area contributed by atoms with E-state index >= 15 is 0 Å². The molecule has 0 bridgehead atoms. The zero-order chi connectivity index (χ0) is 15.8. The van der Waals surface area contributed by atoms with Crippen LogP contribution in [0.15, 0.2) is 0 Å². The van der Waals surface area contributed by atoms with E-state index in [-0.39, 0.29) is 24.5 Å². The van der Waals surface area contributed by atoms with Gasteiger partial charge in [0.15, 0.2) is 0 Å². The van der Waals surface area contributed by atoms with Gasteiger partial charge < -0.3 is 10.5 Å². The Morgan fingerprint density at radius 3 is 2.05 bits per heavy atom. The van der Waals surface area contributed by atoms with E-state index in [2.05, 4.69) is 6.92 Å². The molecule has 0 radical (unpaired) electrons. The van der Waals surface area contributed by atoms with Crippen molar-refractivity contribution in [2.45, 2.75) is 103 Å². The van der Waals surface area contributed by atoms with Crippen molar-refractivity contribution in [3.8, 4) is 0 Å². The minimum atomic E-state index is -0.0425. The average Bonchev–Trinajstić information content (AvgIpc) is 2.46. The van der Waals surface area contributed by atoms with Crippen molar-refractivity contribution in [3.05, 3.63) is 0 Å². The van der Waals surface area contributed by atoms with Gasteiger partial charge in [0.2, 0.25) is 0 Å². The van der Waals surface area contributed by atoms with E-state index in [1.54, 1.807) is 0 Å². The topological polar surface area (TPSA) is 52.3 Å². The first-order valence-electron chi connectivity index (χ1n) is 9.10. The summed E-state index contributed by atoms with van der Waals surface area (Å²) in [5, 5.41) is 0. The van der Waals surface area contributed by atoms with E-state index in [9.17, 15) is 4.79 Å². The van der Waals surface area contributed by atoms with Crippen molar-refractivity contribution in [1.82, 2.24) is 0 Å². The van der Waals surface area contributed by atoms with Gasteiger partial charge in [-0.15, -0.1) is 12.4 Å². The summed E-state index contributed by atoms with van der Waals surface area (Å²) in [5.74, 6) is -0.0425. The molecular weight excluding hydrogens is 298 g/mol. The molecule has 0 rings (SSSR count).